The maximum Gasteiger partial charge on any atom is 0.233 e. The summed E-state index contributed by atoms with van der Waals surface area (Å²) < 4.78 is 11.6. The number of benzene rings is 1. The van der Waals surface area contributed by atoms with Gasteiger partial charge in [0.1, 0.15) is 6.10 Å². The summed E-state index contributed by atoms with van der Waals surface area (Å²) in [4.78, 5) is 17.8. The second kappa shape index (κ2) is 8.75. The van der Waals surface area contributed by atoms with Crippen LogP contribution in [-0.4, -0.2) is 45.3 Å². The standard InChI is InChI=1S/C23H25N5O2/c1-10-24-23(25-11-1)27-18-3-5-19(6-4-18)30-22-15-26-20-7-2-17(14-21(20)28-22)16-8-12-29-13-9-16/h1-2,7-8,10-11,14-15,18-19H,3-6,9,12-13H2,(H,24,25,27). The van der Waals surface area contributed by atoms with E-state index >= 15 is 0 Å². The molecule has 0 amide bonds. The highest BCUT2D eigenvalue weighted by Gasteiger charge is 2.23. The van der Waals surface area contributed by atoms with E-state index in [2.05, 4.69) is 38.5 Å². The maximum atomic E-state index is 6.18. The Bertz CT molecular complexity index is 1030. The Balaban J connectivity index is 1.23. The Morgan fingerprint density at radius 3 is 2.67 bits per heavy atom. The van der Waals surface area contributed by atoms with Crippen LogP contribution in [0.25, 0.3) is 16.6 Å². The van der Waals surface area contributed by atoms with Crippen LogP contribution in [0.2, 0.25) is 0 Å². The summed E-state index contributed by atoms with van der Waals surface area (Å²) in [7, 11) is 0. The molecule has 0 radical (unpaired) electrons. The summed E-state index contributed by atoms with van der Waals surface area (Å²) in [5, 5.41) is 3.41. The lowest BCUT2D eigenvalue weighted by Crippen LogP contribution is -2.31. The number of rotatable bonds is 5. The molecule has 0 atom stereocenters. The number of fused-ring (bicyclic) bond motifs is 1. The van der Waals surface area contributed by atoms with Gasteiger partial charge in [-0.05, 0) is 61.4 Å². The van der Waals surface area contributed by atoms with Crippen LogP contribution in [0.5, 0.6) is 5.88 Å². The molecule has 2 aliphatic rings. The first-order valence-electron chi connectivity index (χ1n) is 10.6. The fourth-order valence-corrected chi connectivity index (χ4v) is 4.09. The summed E-state index contributed by atoms with van der Waals surface area (Å²) >= 11 is 0. The van der Waals surface area contributed by atoms with Crippen molar-refractivity contribution < 1.29 is 9.47 Å². The second-order valence-electron chi connectivity index (χ2n) is 7.77. The Morgan fingerprint density at radius 1 is 1.00 bits per heavy atom. The Labute approximate surface area is 175 Å². The van der Waals surface area contributed by atoms with Crippen molar-refractivity contribution in [3.63, 3.8) is 0 Å². The minimum Gasteiger partial charge on any atom is -0.473 e. The normalized spacial score (nSPS) is 21.8. The zero-order valence-corrected chi connectivity index (χ0v) is 16.8. The van der Waals surface area contributed by atoms with E-state index in [4.69, 9.17) is 14.5 Å². The highest BCUT2D eigenvalue weighted by molar-refractivity contribution is 5.80. The molecule has 1 aromatic carbocycles. The average molecular weight is 403 g/mol. The molecule has 7 nitrogen and oxygen atoms in total. The molecule has 0 spiro atoms. The second-order valence-corrected chi connectivity index (χ2v) is 7.77. The first-order chi connectivity index (χ1) is 14.8. The first kappa shape index (κ1) is 18.9. The van der Waals surface area contributed by atoms with Gasteiger partial charge in [-0.25, -0.2) is 19.9 Å². The lowest BCUT2D eigenvalue weighted by molar-refractivity contribution is 0.144. The van der Waals surface area contributed by atoms with Gasteiger partial charge in [0, 0.05) is 18.4 Å². The molecule has 1 aliphatic carbocycles. The van der Waals surface area contributed by atoms with Gasteiger partial charge in [0.05, 0.1) is 30.4 Å². The van der Waals surface area contributed by atoms with Gasteiger partial charge in [-0.3, -0.25) is 0 Å². The number of ether oxygens (including phenoxy) is 2. The highest BCUT2D eigenvalue weighted by atomic mass is 16.5. The number of nitrogens with one attached hydrogen (secondary N) is 1. The van der Waals surface area contributed by atoms with E-state index in [9.17, 15) is 0 Å². The van der Waals surface area contributed by atoms with Gasteiger partial charge >= 0.3 is 0 Å². The van der Waals surface area contributed by atoms with Crippen LogP contribution in [0.1, 0.15) is 37.7 Å². The molecule has 0 bridgehead atoms. The van der Waals surface area contributed by atoms with E-state index in [1.165, 1.54) is 11.1 Å². The molecule has 1 aliphatic heterocycles. The molecule has 7 heteroatoms. The zero-order valence-electron chi connectivity index (χ0n) is 16.8. The molecular weight excluding hydrogens is 378 g/mol. The lowest BCUT2D eigenvalue weighted by Gasteiger charge is -2.29. The predicted molar refractivity (Wildman–Crippen MR) is 115 cm³/mol. The molecule has 1 fully saturated rings. The Kier molecular flexibility index (Phi) is 5.52. The average Bonchev–Trinajstić information content (AvgIpc) is 2.81. The molecule has 154 valence electrons. The van der Waals surface area contributed by atoms with E-state index in [0.29, 0.717) is 24.5 Å². The summed E-state index contributed by atoms with van der Waals surface area (Å²) in [6, 6.07) is 8.45. The van der Waals surface area contributed by atoms with Crippen molar-refractivity contribution in [3.8, 4) is 5.88 Å². The van der Waals surface area contributed by atoms with Crippen molar-refractivity contribution in [2.45, 2.75) is 44.2 Å². The number of anilines is 1. The van der Waals surface area contributed by atoms with E-state index < -0.39 is 0 Å². The summed E-state index contributed by atoms with van der Waals surface area (Å²) in [6.07, 6.45) is 12.5. The monoisotopic (exact) mass is 403 g/mol. The van der Waals surface area contributed by atoms with Crippen molar-refractivity contribution >= 4 is 22.6 Å². The van der Waals surface area contributed by atoms with Crippen molar-refractivity contribution in [3.05, 3.63) is 54.5 Å². The fraction of sp³-hybridized carbons (Fsp3) is 0.391. The molecule has 0 unspecified atom stereocenters. The molecular formula is C23H25N5O2. The number of aromatic nitrogens is 4. The highest BCUT2D eigenvalue weighted by Crippen LogP contribution is 2.27. The molecule has 0 saturated heterocycles. The Morgan fingerprint density at radius 2 is 1.87 bits per heavy atom. The smallest absolute Gasteiger partial charge is 0.233 e. The summed E-state index contributed by atoms with van der Waals surface area (Å²) in [5.74, 6) is 1.29. The number of hydrogen-bond donors (Lipinski definition) is 1. The number of nitrogens with zero attached hydrogens (tertiary/aromatic N) is 4. The molecule has 1 N–H and O–H groups in total. The largest absolute Gasteiger partial charge is 0.473 e. The van der Waals surface area contributed by atoms with Crippen LogP contribution in [0, 0.1) is 0 Å². The fourth-order valence-electron chi connectivity index (χ4n) is 4.09. The van der Waals surface area contributed by atoms with Crippen LogP contribution < -0.4 is 10.1 Å². The van der Waals surface area contributed by atoms with Gasteiger partial charge in [0.25, 0.3) is 0 Å². The predicted octanol–water partition coefficient (Wildman–Crippen LogP) is 4.03. The molecule has 3 heterocycles. The topological polar surface area (TPSA) is 82.0 Å². The van der Waals surface area contributed by atoms with Crippen molar-refractivity contribution in [1.29, 1.82) is 0 Å². The lowest BCUT2D eigenvalue weighted by atomic mass is 9.93. The van der Waals surface area contributed by atoms with Gasteiger partial charge in [-0.15, -0.1) is 0 Å². The van der Waals surface area contributed by atoms with Gasteiger partial charge in [0.2, 0.25) is 11.8 Å². The van der Waals surface area contributed by atoms with E-state index in [0.717, 1.165) is 49.7 Å². The van der Waals surface area contributed by atoms with Crippen molar-refractivity contribution in [2.75, 3.05) is 18.5 Å². The van der Waals surface area contributed by atoms with E-state index in [1.807, 2.05) is 12.1 Å². The van der Waals surface area contributed by atoms with E-state index in [-0.39, 0.29) is 6.10 Å². The van der Waals surface area contributed by atoms with Crippen LogP contribution in [0.4, 0.5) is 5.95 Å². The minimum absolute atomic E-state index is 0.160. The quantitative estimate of drug-likeness (QED) is 0.689. The maximum absolute atomic E-state index is 6.18. The van der Waals surface area contributed by atoms with E-state index in [1.54, 1.807) is 18.6 Å². The minimum atomic E-state index is 0.160. The van der Waals surface area contributed by atoms with Crippen LogP contribution in [0.15, 0.2) is 48.9 Å². The molecule has 3 aromatic rings. The van der Waals surface area contributed by atoms with Gasteiger partial charge in [0.15, 0.2) is 0 Å². The third kappa shape index (κ3) is 4.41. The van der Waals surface area contributed by atoms with Crippen LogP contribution in [-0.2, 0) is 4.74 Å². The van der Waals surface area contributed by atoms with Gasteiger partial charge in [-0.1, -0.05) is 12.1 Å². The van der Waals surface area contributed by atoms with Crippen molar-refractivity contribution in [2.24, 2.45) is 0 Å². The molecule has 2 aromatic heterocycles. The van der Waals surface area contributed by atoms with Gasteiger partial charge < -0.3 is 14.8 Å². The van der Waals surface area contributed by atoms with Crippen LogP contribution in [0.3, 0.4) is 0 Å². The third-order valence-electron chi connectivity index (χ3n) is 5.71. The summed E-state index contributed by atoms with van der Waals surface area (Å²) in [5.41, 5.74) is 4.25. The third-order valence-corrected chi connectivity index (χ3v) is 5.71. The Hall–Kier alpha value is -3.06. The summed E-state index contributed by atoms with van der Waals surface area (Å²) in [6.45, 7) is 1.45. The zero-order chi connectivity index (χ0) is 20.2. The number of hydrogen-bond acceptors (Lipinski definition) is 7. The SMILES string of the molecule is C1=C(c2ccc3ncc(OC4CCC(Nc5ncccn5)CC4)nc3c2)CCOC1. The molecule has 30 heavy (non-hydrogen) atoms. The first-order valence-corrected chi connectivity index (χ1v) is 10.6. The van der Waals surface area contributed by atoms with Crippen molar-refractivity contribution in [1.82, 2.24) is 19.9 Å². The molecule has 1 saturated carbocycles. The van der Waals surface area contributed by atoms with Crippen LogP contribution >= 0.6 is 0 Å². The van der Waals surface area contributed by atoms with Gasteiger partial charge in [-0.2, -0.15) is 0 Å². The molecule has 5 rings (SSSR count).